The van der Waals surface area contributed by atoms with Crippen LogP contribution in [0.5, 0.6) is 0 Å². The van der Waals surface area contributed by atoms with Crippen LogP contribution in [0.15, 0.2) is 24.3 Å². The number of hydrogen-bond acceptors (Lipinski definition) is 2. The first-order valence-corrected chi connectivity index (χ1v) is 5.76. The van der Waals surface area contributed by atoms with E-state index in [2.05, 4.69) is 24.3 Å². The van der Waals surface area contributed by atoms with E-state index in [-0.39, 0.29) is 16.8 Å². The third-order valence-electron chi connectivity index (χ3n) is 4.50. The molecule has 1 saturated heterocycles. The molecule has 80 valence electrons. The van der Waals surface area contributed by atoms with E-state index in [1.165, 1.54) is 0 Å². The summed E-state index contributed by atoms with van der Waals surface area (Å²) in [5.74, 6) is 0.0439. The number of carbonyl (C=O) groups excluding carboxylic acids is 1. The fourth-order valence-corrected chi connectivity index (χ4v) is 3.48. The van der Waals surface area contributed by atoms with Gasteiger partial charge in [-0.2, -0.15) is 0 Å². The Kier molecular flexibility index (Phi) is 1.82. The molecular formula is C13H16O2. The molecule has 15 heavy (non-hydrogen) atoms. The normalized spacial score (nSPS) is 43.1. The summed E-state index contributed by atoms with van der Waals surface area (Å²) in [6.45, 7) is 0.613. The Balaban J connectivity index is 2.12. The van der Waals surface area contributed by atoms with Crippen molar-refractivity contribution in [3.63, 3.8) is 0 Å². The summed E-state index contributed by atoms with van der Waals surface area (Å²) in [4.78, 5) is 12.1. The lowest BCUT2D eigenvalue weighted by molar-refractivity contribution is -0.180. The lowest BCUT2D eigenvalue weighted by Crippen LogP contribution is -2.54. The zero-order valence-electron chi connectivity index (χ0n) is 8.87. The van der Waals surface area contributed by atoms with Crippen LogP contribution in [0, 0.1) is 10.8 Å². The topological polar surface area (TPSA) is 26.3 Å². The predicted molar refractivity (Wildman–Crippen MR) is 57.2 cm³/mol. The number of ether oxygens (including phenoxy) is 1. The highest BCUT2D eigenvalue weighted by molar-refractivity contribution is 5.80. The molecule has 0 aromatic carbocycles. The number of allylic oxidation sites excluding steroid dienone is 4. The Morgan fingerprint density at radius 2 is 1.60 bits per heavy atom. The maximum atomic E-state index is 12.1. The van der Waals surface area contributed by atoms with Crippen LogP contribution in [0.1, 0.15) is 32.1 Å². The van der Waals surface area contributed by atoms with Crippen molar-refractivity contribution in [3.05, 3.63) is 24.3 Å². The summed E-state index contributed by atoms with van der Waals surface area (Å²) in [6, 6.07) is 0. The van der Waals surface area contributed by atoms with Crippen LogP contribution in [0.3, 0.4) is 0 Å². The average molecular weight is 204 g/mol. The van der Waals surface area contributed by atoms with Gasteiger partial charge in [-0.1, -0.05) is 24.3 Å². The van der Waals surface area contributed by atoms with Crippen LogP contribution < -0.4 is 0 Å². The van der Waals surface area contributed by atoms with Crippen molar-refractivity contribution < 1.29 is 9.53 Å². The third-order valence-corrected chi connectivity index (χ3v) is 4.50. The fraction of sp³-hybridized carbons (Fsp3) is 0.615. The van der Waals surface area contributed by atoms with Gasteiger partial charge < -0.3 is 4.74 Å². The number of carbonyl (C=O) groups is 1. The molecule has 0 radical (unpaired) electrons. The Labute approximate surface area is 90.0 Å². The molecule has 0 N–H and O–H groups in total. The molecule has 0 amide bonds. The lowest BCUT2D eigenvalue weighted by Gasteiger charge is -2.54. The van der Waals surface area contributed by atoms with E-state index in [0.29, 0.717) is 6.61 Å². The van der Waals surface area contributed by atoms with Gasteiger partial charge in [0.2, 0.25) is 0 Å². The molecule has 0 spiro atoms. The molecule has 2 nitrogen and oxygen atoms in total. The van der Waals surface area contributed by atoms with Gasteiger partial charge in [0.1, 0.15) is 0 Å². The molecule has 0 aromatic rings. The lowest BCUT2D eigenvalue weighted by atomic mass is 9.51. The first-order chi connectivity index (χ1) is 7.29. The van der Waals surface area contributed by atoms with E-state index < -0.39 is 0 Å². The highest BCUT2D eigenvalue weighted by atomic mass is 16.5. The van der Waals surface area contributed by atoms with Gasteiger partial charge >= 0.3 is 5.97 Å². The molecular weight excluding hydrogens is 188 g/mol. The Morgan fingerprint density at radius 1 is 1.00 bits per heavy atom. The van der Waals surface area contributed by atoms with E-state index in [1.54, 1.807) is 0 Å². The maximum Gasteiger partial charge on any atom is 0.313 e. The summed E-state index contributed by atoms with van der Waals surface area (Å²) in [5, 5.41) is 0. The van der Waals surface area contributed by atoms with Gasteiger partial charge in [-0.25, -0.2) is 0 Å². The number of rotatable bonds is 0. The second-order valence-corrected chi connectivity index (χ2v) is 5.01. The quantitative estimate of drug-likeness (QED) is 0.448. The summed E-state index contributed by atoms with van der Waals surface area (Å²) in [6.07, 6.45) is 13.7. The minimum Gasteiger partial charge on any atom is -0.465 e. The molecule has 0 unspecified atom stereocenters. The van der Waals surface area contributed by atoms with E-state index in [1.807, 2.05) is 0 Å². The zero-order valence-corrected chi connectivity index (χ0v) is 8.87. The van der Waals surface area contributed by atoms with E-state index >= 15 is 0 Å². The second-order valence-electron chi connectivity index (χ2n) is 5.01. The van der Waals surface area contributed by atoms with Crippen LogP contribution in [0.25, 0.3) is 0 Å². The van der Waals surface area contributed by atoms with Gasteiger partial charge in [0.15, 0.2) is 0 Å². The van der Waals surface area contributed by atoms with Crippen LogP contribution in [-0.2, 0) is 9.53 Å². The van der Waals surface area contributed by atoms with Crippen LogP contribution in [0.4, 0.5) is 0 Å². The maximum absolute atomic E-state index is 12.1. The first kappa shape index (κ1) is 9.20. The van der Waals surface area contributed by atoms with Crippen molar-refractivity contribution in [2.45, 2.75) is 32.1 Å². The Bertz CT molecular complexity index is 334. The van der Waals surface area contributed by atoms with Crippen molar-refractivity contribution in [1.29, 1.82) is 0 Å². The largest absolute Gasteiger partial charge is 0.465 e. The van der Waals surface area contributed by atoms with Crippen molar-refractivity contribution in [3.8, 4) is 0 Å². The van der Waals surface area contributed by atoms with Gasteiger partial charge in [0.25, 0.3) is 0 Å². The second kappa shape index (κ2) is 2.97. The van der Waals surface area contributed by atoms with Gasteiger partial charge in [-0.05, 0) is 37.5 Å². The Hall–Kier alpha value is -1.05. The van der Waals surface area contributed by atoms with Gasteiger partial charge in [0, 0.05) is 0 Å². The molecule has 1 fully saturated rings. The standard InChI is InChI=1S/C13H16O2/c14-11-13-7-3-1-5-12(13,9-10-15-11)6-2-4-8-13/h1-4H,5-10H2. The minimum atomic E-state index is -0.227. The van der Waals surface area contributed by atoms with Crippen molar-refractivity contribution >= 4 is 5.97 Å². The van der Waals surface area contributed by atoms with E-state index in [4.69, 9.17) is 4.74 Å². The van der Waals surface area contributed by atoms with Gasteiger partial charge in [0.05, 0.1) is 12.0 Å². The number of esters is 1. The van der Waals surface area contributed by atoms with Crippen LogP contribution in [0.2, 0.25) is 0 Å². The Morgan fingerprint density at radius 3 is 2.20 bits per heavy atom. The van der Waals surface area contributed by atoms with Crippen LogP contribution >= 0.6 is 0 Å². The SMILES string of the molecule is O=C1OCCC23CC=CCC12CC=CC3. The average Bonchev–Trinajstić information content (AvgIpc) is 2.28. The molecule has 2 aliphatic carbocycles. The summed E-state index contributed by atoms with van der Waals surface area (Å²) >= 11 is 0. The molecule has 0 aromatic heterocycles. The van der Waals surface area contributed by atoms with Gasteiger partial charge in [-0.15, -0.1) is 0 Å². The predicted octanol–water partition coefficient (Wildman–Crippen LogP) is 2.61. The number of cyclic esters (lactones) is 1. The van der Waals surface area contributed by atoms with Gasteiger partial charge in [-0.3, -0.25) is 4.79 Å². The third kappa shape index (κ3) is 1.02. The van der Waals surface area contributed by atoms with Crippen molar-refractivity contribution in [1.82, 2.24) is 0 Å². The van der Waals surface area contributed by atoms with E-state index in [0.717, 1.165) is 32.1 Å². The molecule has 2 heteroatoms. The molecule has 0 atom stereocenters. The molecule has 1 aliphatic heterocycles. The zero-order chi connectivity index (χ0) is 10.4. The number of hydrogen-bond donors (Lipinski definition) is 0. The van der Waals surface area contributed by atoms with E-state index in [9.17, 15) is 4.79 Å². The first-order valence-electron chi connectivity index (χ1n) is 5.76. The molecule has 1 heterocycles. The summed E-state index contributed by atoms with van der Waals surface area (Å²) in [7, 11) is 0. The molecule has 3 aliphatic rings. The smallest absolute Gasteiger partial charge is 0.313 e. The molecule has 3 rings (SSSR count). The molecule has 0 saturated carbocycles. The van der Waals surface area contributed by atoms with Crippen LogP contribution in [-0.4, -0.2) is 12.6 Å². The molecule has 0 bridgehead atoms. The highest BCUT2D eigenvalue weighted by Crippen LogP contribution is 2.59. The highest BCUT2D eigenvalue weighted by Gasteiger charge is 2.58. The van der Waals surface area contributed by atoms with Crippen molar-refractivity contribution in [2.75, 3.05) is 6.61 Å². The monoisotopic (exact) mass is 204 g/mol. The summed E-state index contributed by atoms with van der Waals surface area (Å²) < 4.78 is 5.30. The summed E-state index contributed by atoms with van der Waals surface area (Å²) in [5.41, 5.74) is -0.0550. The minimum absolute atomic E-state index is 0.0439. The van der Waals surface area contributed by atoms with Crippen molar-refractivity contribution in [2.24, 2.45) is 10.8 Å². The fourth-order valence-electron chi connectivity index (χ4n) is 3.48.